The van der Waals surface area contributed by atoms with Gasteiger partial charge < -0.3 is 4.74 Å². The number of nitriles is 2. The van der Waals surface area contributed by atoms with Gasteiger partial charge in [0.2, 0.25) is 0 Å². The van der Waals surface area contributed by atoms with E-state index >= 15 is 0 Å². The van der Waals surface area contributed by atoms with Gasteiger partial charge in [0, 0.05) is 0 Å². The molecule has 2 saturated carbocycles. The summed E-state index contributed by atoms with van der Waals surface area (Å²) in [4.78, 5) is 0. The minimum atomic E-state index is -0.339. The lowest BCUT2D eigenvalue weighted by molar-refractivity contribution is 0.0308. The lowest BCUT2D eigenvalue weighted by Gasteiger charge is -2.30. The minimum absolute atomic E-state index is 0.339. The van der Waals surface area contributed by atoms with Crippen LogP contribution in [0.15, 0.2) is 97.1 Å². The molecule has 2 aliphatic rings. The highest BCUT2D eigenvalue weighted by molar-refractivity contribution is 5.41. The molecule has 2 aliphatic carbocycles. The van der Waals surface area contributed by atoms with Crippen LogP contribution in [-0.2, 0) is 4.74 Å². The first kappa shape index (κ1) is 40.5. The van der Waals surface area contributed by atoms with E-state index in [-0.39, 0.29) is 12.2 Å². The van der Waals surface area contributed by atoms with Crippen LogP contribution in [0.3, 0.4) is 0 Å². The molecule has 0 spiro atoms. The highest BCUT2D eigenvalue weighted by Gasteiger charge is 2.27. The molecular weight excluding hydrogens is 669 g/mol. The lowest BCUT2D eigenvalue weighted by atomic mass is 9.77. The third-order valence-electron chi connectivity index (χ3n) is 13.0. The van der Waals surface area contributed by atoms with Gasteiger partial charge >= 0.3 is 0 Å². The monoisotopic (exact) mass is 733 g/mol. The smallest absolute Gasteiger partial charge is 0.109 e. The molecule has 0 heterocycles. The highest BCUT2D eigenvalue weighted by Crippen LogP contribution is 2.42. The van der Waals surface area contributed by atoms with Gasteiger partial charge in [-0.1, -0.05) is 151 Å². The molecule has 0 bridgehead atoms. The van der Waals surface area contributed by atoms with Crippen LogP contribution < -0.4 is 0 Å². The SMILES string of the molecule is CCCCCCC1CCC(c2ccc(C(OC(c3ccc(C#N)cc3)c3ccc(C4CCC(CCCCCC)CC4)cc3)c3ccc(C#N)cc3)cc2)CC1. The van der Waals surface area contributed by atoms with Gasteiger partial charge in [0.05, 0.1) is 23.3 Å². The van der Waals surface area contributed by atoms with Crippen molar-refractivity contribution in [3.8, 4) is 12.1 Å². The summed E-state index contributed by atoms with van der Waals surface area (Å²) in [6.07, 6.45) is 23.6. The summed E-state index contributed by atoms with van der Waals surface area (Å²) >= 11 is 0. The third-order valence-corrected chi connectivity index (χ3v) is 13.0. The van der Waals surface area contributed by atoms with E-state index in [0.29, 0.717) is 23.0 Å². The first-order chi connectivity index (χ1) is 27.1. The van der Waals surface area contributed by atoms with Crippen LogP contribution in [0.5, 0.6) is 0 Å². The van der Waals surface area contributed by atoms with Gasteiger partial charge in [-0.15, -0.1) is 0 Å². The van der Waals surface area contributed by atoms with Crippen LogP contribution in [0, 0.1) is 34.5 Å². The molecule has 6 rings (SSSR count). The number of unbranched alkanes of at least 4 members (excludes halogenated alkanes) is 6. The molecule has 288 valence electrons. The molecule has 0 aromatic heterocycles. The Morgan fingerprint density at radius 1 is 0.455 bits per heavy atom. The fourth-order valence-corrected chi connectivity index (χ4v) is 9.47. The molecule has 0 aliphatic heterocycles. The van der Waals surface area contributed by atoms with Crippen molar-refractivity contribution in [3.05, 3.63) is 142 Å². The molecule has 0 N–H and O–H groups in total. The summed E-state index contributed by atoms with van der Waals surface area (Å²) in [5, 5.41) is 19.2. The lowest BCUT2D eigenvalue weighted by Crippen LogP contribution is -2.15. The van der Waals surface area contributed by atoms with Gasteiger partial charge in [0.1, 0.15) is 12.2 Å². The molecule has 0 radical (unpaired) electrons. The molecule has 3 nitrogen and oxygen atoms in total. The van der Waals surface area contributed by atoms with E-state index in [9.17, 15) is 10.5 Å². The van der Waals surface area contributed by atoms with Gasteiger partial charge in [0.15, 0.2) is 0 Å². The van der Waals surface area contributed by atoms with E-state index in [0.717, 1.165) is 34.1 Å². The first-order valence-electron chi connectivity index (χ1n) is 21.9. The van der Waals surface area contributed by atoms with Crippen LogP contribution in [-0.4, -0.2) is 0 Å². The Bertz CT molecular complexity index is 1640. The molecule has 0 amide bonds. The Morgan fingerprint density at radius 2 is 0.782 bits per heavy atom. The Hall–Kier alpha value is -4.18. The second-order valence-electron chi connectivity index (χ2n) is 16.8. The van der Waals surface area contributed by atoms with Crippen molar-refractivity contribution in [1.82, 2.24) is 0 Å². The van der Waals surface area contributed by atoms with E-state index in [1.54, 1.807) is 0 Å². The second kappa shape index (κ2) is 21.2. The predicted octanol–water partition coefficient (Wildman–Crippen LogP) is 14.8. The first-order valence-corrected chi connectivity index (χ1v) is 21.9. The fourth-order valence-electron chi connectivity index (χ4n) is 9.47. The van der Waals surface area contributed by atoms with Crippen LogP contribution in [0.25, 0.3) is 0 Å². The standard InChI is InChI=1S/C52H64N2O/c1-3-5-7-9-11-39-13-21-43(22-14-39)45-29-33-49(34-30-45)51(47-25-17-41(37-53)18-26-47)55-52(48-27-19-42(38-54)20-28-48)50-35-31-46(32-36-50)44-23-15-40(16-24-44)12-10-8-6-4-2/h17-20,25-36,39-40,43-44,51-52H,3-16,21-24H2,1-2H3. The number of rotatable bonds is 18. The zero-order chi connectivity index (χ0) is 38.2. The van der Waals surface area contributed by atoms with Crippen molar-refractivity contribution < 1.29 is 4.74 Å². The molecule has 0 saturated heterocycles. The maximum Gasteiger partial charge on any atom is 0.109 e. The normalized spacial score (nSPS) is 20.9. The van der Waals surface area contributed by atoms with Gasteiger partial charge in [-0.05, 0) is 133 Å². The van der Waals surface area contributed by atoms with Gasteiger partial charge in [0.25, 0.3) is 0 Å². The Kier molecular flexibility index (Phi) is 15.6. The van der Waals surface area contributed by atoms with Crippen molar-refractivity contribution in [2.75, 3.05) is 0 Å². The summed E-state index contributed by atoms with van der Waals surface area (Å²) in [5.74, 6) is 3.05. The van der Waals surface area contributed by atoms with Crippen molar-refractivity contribution in [2.24, 2.45) is 11.8 Å². The number of nitrogens with zero attached hydrogens (tertiary/aromatic N) is 2. The largest absolute Gasteiger partial charge is 0.356 e. The second-order valence-corrected chi connectivity index (χ2v) is 16.8. The zero-order valence-corrected chi connectivity index (χ0v) is 33.7. The maximum atomic E-state index is 9.58. The summed E-state index contributed by atoms with van der Waals surface area (Å²) in [6, 6.07) is 38.7. The summed E-state index contributed by atoms with van der Waals surface area (Å²) in [5.41, 5.74) is 8.44. The number of hydrogen-bond donors (Lipinski definition) is 0. The van der Waals surface area contributed by atoms with Crippen molar-refractivity contribution in [1.29, 1.82) is 10.5 Å². The molecule has 2 atom stereocenters. The summed E-state index contributed by atoms with van der Waals surface area (Å²) in [6.45, 7) is 4.59. The molecule has 2 unspecified atom stereocenters. The van der Waals surface area contributed by atoms with E-state index < -0.39 is 0 Å². The zero-order valence-electron chi connectivity index (χ0n) is 33.7. The topological polar surface area (TPSA) is 56.8 Å². The van der Waals surface area contributed by atoms with E-state index in [2.05, 4.69) is 74.5 Å². The Morgan fingerprint density at radius 3 is 1.09 bits per heavy atom. The summed E-state index contributed by atoms with van der Waals surface area (Å²) < 4.78 is 7.28. The number of benzene rings is 4. The van der Waals surface area contributed by atoms with Crippen LogP contribution in [0.2, 0.25) is 0 Å². The molecule has 3 heteroatoms. The maximum absolute atomic E-state index is 9.58. The highest BCUT2D eigenvalue weighted by atomic mass is 16.5. The number of ether oxygens (including phenoxy) is 1. The molecular formula is C52H64N2O. The Labute approximate surface area is 333 Å². The van der Waals surface area contributed by atoms with Crippen LogP contribution in [0.4, 0.5) is 0 Å². The predicted molar refractivity (Wildman–Crippen MR) is 227 cm³/mol. The fraction of sp³-hybridized carbons (Fsp3) is 0.500. The van der Waals surface area contributed by atoms with E-state index in [1.807, 2.05) is 48.5 Å². The number of hydrogen-bond acceptors (Lipinski definition) is 3. The summed E-state index contributed by atoms with van der Waals surface area (Å²) in [7, 11) is 0. The van der Waals surface area contributed by atoms with Gasteiger partial charge in [-0.3, -0.25) is 0 Å². The molecule has 4 aromatic carbocycles. The Balaban J connectivity index is 1.21. The van der Waals surface area contributed by atoms with E-state index in [4.69, 9.17) is 4.74 Å². The van der Waals surface area contributed by atoms with E-state index in [1.165, 1.54) is 127 Å². The van der Waals surface area contributed by atoms with Crippen molar-refractivity contribution in [3.63, 3.8) is 0 Å². The molecule has 55 heavy (non-hydrogen) atoms. The van der Waals surface area contributed by atoms with Crippen molar-refractivity contribution in [2.45, 2.75) is 153 Å². The molecule has 2 fully saturated rings. The van der Waals surface area contributed by atoms with Gasteiger partial charge in [-0.25, -0.2) is 0 Å². The minimum Gasteiger partial charge on any atom is -0.356 e. The average Bonchev–Trinajstić information content (AvgIpc) is 3.25. The molecule has 4 aromatic rings. The quantitative estimate of drug-likeness (QED) is 0.0957. The van der Waals surface area contributed by atoms with Gasteiger partial charge in [-0.2, -0.15) is 10.5 Å². The third kappa shape index (κ3) is 11.4. The van der Waals surface area contributed by atoms with Crippen LogP contribution in [0.1, 0.15) is 198 Å². The average molecular weight is 733 g/mol. The van der Waals surface area contributed by atoms with Crippen LogP contribution >= 0.6 is 0 Å². The van der Waals surface area contributed by atoms with Crippen molar-refractivity contribution >= 4 is 0 Å².